The largest absolute Gasteiger partial charge is 0.463 e. The molecule has 0 spiro atoms. The van der Waals surface area contributed by atoms with Crippen LogP contribution < -0.4 is 0 Å². The summed E-state index contributed by atoms with van der Waals surface area (Å²) >= 11 is 0. The van der Waals surface area contributed by atoms with Gasteiger partial charge in [-0.1, -0.05) is 0 Å². The van der Waals surface area contributed by atoms with Crippen LogP contribution in [0.3, 0.4) is 0 Å². The van der Waals surface area contributed by atoms with E-state index in [9.17, 15) is 14.4 Å². The van der Waals surface area contributed by atoms with Crippen molar-refractivity contribution < 1.29 is 19.1 Å². The number of esters is 1. The normalized spacial score (nSPS) is 8.50. The van der Waals surface area contributed by atoms with Gasteiger partial charge in [0, 0.05) is 5.57 Å². The molecule has 0 radical (unpaired) electrons. The van der Waals surface area contributed by atoms with Crippen molar-refractivity contribution in [2.75, 3.05) is 6.61 Å². The van der Waals surface area contributed by atoms with E-state index in [2.05, 4.69) is 4.74 Å². The molecule has 12 heavy (non-hydrogen) atoms. The van der Waals surface area contributed by atoms with Gasteiger partial charge in [-0.2, -0.15) is 0 Å². The molecule has 0 aliphatic carbocycles. The summed E-state index contributed by atoms with van der Waals surface area (Å²) in [7, 11) is 0. The molecule has 0 atom stereocenters. The fourth-order valence-corrected chi connectivity index (χ4v) is 0.562. The Kier molecular flexibility index (Phi) is 4.60. The van der Waals surface area contributed by atoms with E-state index in [1.165, 1.54) is 6.92 Å². The maximum atomic E-state index is 10.9. The molecule has 0 saturated carbocycles. The average Bonchev–Trinajstić information content (AvgIpc) is 2.07. The van der Waals surface area contributed by atoms with Crippen LogP contribution in [-0.4, -0.2) is 25.1 Å². The quantitative estimate of drug-likeness (QED) is 0.200. The van der Waals surface area contributed by atoms with Crippen molar-refractivity contribution in [1.82, 2.24) is 0 Å². The molecule has 0 unspecified atom stereocenters. The molecule has 66 valence electrons. The SMILES string of the molecule is CCOC(=O)C(C)=C(C=O)C=O. The second kappa shape index (κ2) is 5.23. The van der Waals surface area contributed by atoms with Crippen LogP contribution in [0.4, 0.5) is 0 Å². The summed E-state index contributed by atoms with van der Waals surface area (Å²) in [5, 5.41) is 0. The van der Waals surface area contributed by atoms with Gasteiger partial charge in [-0.05, 0) is 13.8 Å². The van der Waals surface area contributed by atoms with E-state index in [1.807, 2.05) is 0 Å². The first kappa shape index (κ1) is 10.6. The number of hydrogen-bond acceptors (Lipinski definition) is 4. The van der Waals surface area contributed by atoms with Gasteiger partial charge in [0.1, 0.15) is 0 Å². The smallest absolute Gasteiger partial charge is 0.334 e. The van der Waals surface area contributed by atoms with Crippen molar-refractivity contribution in [2.45, 2.75) is 13.8 Å². The minimum atomic E-state index is -0.633. The predicted molar refractivity (Wildman–Crippen MR) is 41.5 cm³/mol. The molecule has 0 aromatic rings. The van der Waals surface area contributed by atoms with Gasteiger partial charge in [-0.3, -0.25) is 9.59 Å². The summed E-state index contributed by atoms with van der Waals surface area (Å²) in [5.41, 5.74) is -0.129. The Morgan fingerprint density at radius 2 is 1.83 bits per heavy atom. The van der Waals surface area contributed by atoms with E-state index in [-0.39, 0.29) is 17.8 Å². The Hall–Kier alpha value is -1.45. The third-order valence-corrected chi connectivity index (χ3v) is 1.27. The van der Waals surface area contributed by atoms with Crippen LogP contribution in [-0.2, 0) is 19.1 Å². The molecule has 0 heterocycles. The molecule has 0 bridgehead atoms. The number of hydrogen-bond donors (Lipinski definition) is 0. The van der Waals surface area contributed by atoms with Crippen LogP contribution in [0.5, 0.6) is 0 Å². The Balaban J connectivity index is 4.61. The summed E-state index contributed by atoms with van der Waals surface area (Å²) in [6.45, 7) is 3.24. The average molecular weight is 170 g/mol. The first-order valence-corrected chi connectivity index (χ1v) is 3.45. The topological polar surface area (TPSA) is 60.4 Å². The zero-order chi connectivity index (χ0) is 9.56. The molecule has 0 N–H and O–H groups in total. The van der Waals surface area contributed by atoms with E-state index in [1.54, 1.807) is 6.92 Å². The van der Waals surface area contributed by atoms with E-state index in [0.717, 1.165) is 0 Å². The van der Waals surface area contributed by atoms with Gasteiger partial charge < -0.3 is 4.74 Å². The molecule has 0 rings (SSSR count). The highest BCUT2D eigenvalue weighted by molar-refractivity contribution is 6.07. The van der Waals surface area contributed by atoms with E-state index < -0.39 is 5.97 Å². The first-order valence-electron chi connectivity index (χ1n) is 3.45. The van der Waals surface area contributed by atoms with Gasteiger partial charge in [-0.15, -0.1) is 0 Å². The van der Waals surface area contributed by atoms with Gasteiger partial charge in [0.05, 0.1) is 12.2 Å². The van der Waals surface area contributed by atoms with Gasteiger partial charge in [0.15, 0.2) is 12.6 Å². The molecule has 0 aliphatic rings. The minimum Gasteiger partial charge on any atom is -0.463 e. The maximum absolute atomic E-state index is 10.9. The number of rotatable bonds is 4. The summed E-state index contributed by atoms with van der Waals surface area (Å²) in [5.74, 6) is -0.633. The van der Waals surface area contributed by atoms with Crippen LogP contribution in [0.2, 0.25) is 0 Å². The molecule has 0 aromatic heterocycles. The Morgan fingerprint density at radius 1 is 1.33 bits per heavy atom. The summed E-state index contributed by atoms with van der Waals surface area (Å²) in [4.78, 5) is 31.3. The highest BCUT2D eigenvalue weighted by Crippen LogP contribution is 2.01. The molecule has 0 aliphatic heterocycles. The van der Waals surface area contributed by atoms with Crippen molar-refractivity contribution >= 4 is 18.5 Å². The van der Waals surface area contributed by atoms with E-state index in [4.69, 9.17) is 0 Å². The van der Waals surface area contributed by atoms with Gasteiger partial charge in [-0.25, -0.2) is 4.79 Å². The number of aldehydes is 2. The zero-order valence-corrected chi connectivity index (χ0v) is 6.99. The van der Waals surface area contributed by atoms with E-state index >= 15 is 0 Å². The second-order valence-electron chi connectivity index (χ2n) is 2.04. The molecular formula is C8H10O4. The lowest BCUT2D eigenvalue weighted by Gasteiger charge is -2.00. The van der Waals surface area contributed by atoms with Crippen LogP contribution >= 0.6 is 0 Å². The van der Waals surface area contributed by atoms with Gasteiger partial charge in [0.2, 0.25) is 0 Å². The fraction of sp³-hybridized carbons (Fsp3) is 0.375. The highest BCUT2D eigenvalue weighted by atomic mass is 16.5. The lowest BCUT2D eigenvalue weighted by atomic mass is 10.2. The van der Waals surface area contributed by atoms with Crippen molar-refractivity contribution in [2.24, 2.45) is 0 Å². The van der Waals surface area contributed by atoms with Crippen LogP contribution in [0, 0.1) is 0 Å². The zero-order valence-electron chi connectivity index (χ0n) is 6.99. The predicted octanol–water partition coefficient (Wildman–Crippen LogP) is 0.264. The van der Waals surface area contributed by atoms with Crippen molar-refractivity contribution in [3.63, 3.8) is 0 Å². The monoisotopic (exact) mass is 170 g/mol. The van der Waals surface area contributed by atoms with Crippen LogP contribution in [0.1, 0.15) is 13.8 Å². The maximum Gasteiger partial charge on any atom is 0.334 e. The Labute approximate surface area is 70.2 Å². The lowest BCUT2D eigenvalue weighted by molar-refractivity contribution is -0.138. The second-order valence-corrected chi connectivity index (χ2v) is 2.04. The number of ether oxygens (including phenoxy) is 1. The van der Waals surface area contributed by atoms with Crippen molar-refractivity contribution in [3.05, 3.63) is 11.1 Å². The Bertz CT molecular complexity index is 217. The fourth-order valence-electron chi connectivity index (χ4n) is 0.562. The summed E-state index contributed by atoms with van der Waals surface area (Å²) in [6.07, 6.45) is 0.665. The number of allylic oxidation sites excluding steroid dienone is 1. The molecule has 0 saturated heterocycles. The molecular weight excluding hydrogens is 160 g/mol. The lowest BCUT2D eigenvalue weighted by Crippen LogP contribution is -2.08. The van der Waals surface area contributed by atoms with Crippen LogP contribution in [0.25, 0.3) is 0 Å². The van der Waals surface area contributed by atoms with E-state index in [0.29, 0.717) is 12.6 Å². The van der Waals surface area contributed by atoms with Gasteiger partial charge in [0.25, 0.3) is 0 Å². The number of carbonyl (C=O) groups excluding carboxylic acids is 3. The molecule has 0 aromatic carbocycles. The van der Waals surface area contributed by atoms with Gasteiger partial charge >= 0.3 is 5.97 Å². The third kappa shape index (κ3) is 2.65. The van der Waals surface area contributed by atoms with Crippen molar-refractivity contribution in [3.8, 4) is 0 Å². The third-order valence-electron chi connectivity index (χ3n) is 1.27. The van der Waals surface area contributed by atoms with Crippen molar-refractivity contribution in [1.29, 1.82) is 0 Å². The summed E-state index contributed by atoms with van der Waals surface area (Å²) in [6, 6.07) is 0. The van der Waals surface area contributed by atoms with Crippen LogP contribution in [0.15, 0.2) is 11.1 Å². The molecule has 0 fully saturated rings. The minimum absolute atomic E-state index is 0.0434. The molecule has 4 heteroatoms. The molecule has 4 nitrogen and oxygen atoms in total. The summed E-state index contributed by atoms with van der Waals surface area (Å²) < 4.78 is 4.57. The highest BCUT2D eigenvalue weighted by Gasteiger charge is 2.09. The standard InChI is InChI=1S/C8H10O4/c1-3-12-8(11)6(2)7(4-9)5-10/h4-5H,3H2,1-2H3. The molecule has 0 amide bonds. The first-order chi connectivity index (χ1) is 5.67. The Morgan fingerprint density at radius 3 is 2.17 bits per heavy atom. The number of carbonyl (C=O) groups is 3.